The molecule has 2 bridgehead atoms. The second-order valence-corrected chi connectivity index (χ2v) is 7.93. The van der Waals surface area contributed by atoms with Crippen LogP contribution in [0.3, 0.4) is 0 Å². The fourth-order valence-corrected chi connectivity index (χ4v) is 4.33. The number of likely N-dealkylation sites (tertiary alicyclic amines) is 1. The summed E-state index contributed by atoms with van der Waals surface area (Å²) in [6.07, 6.45) is 8.06. The highest BCUT2D eigenvalue weighted by atomic mass is 16.5. The van der Waals surface area contributed by atoms with Gasteiger partial charge in [0.05, 0.1) is 24.5 Å². The smallest absolute Gasteiger partial charge is 0.230 e. The highest BCUT2D eigenvalue weighted by Crippen LogP contribution is 2.52. The first-order chi connectivity index (χ1) is 12.5. The van der Waals surface area contributed by atoms with Crippen LogP contribution in [0.25, 0.3) is 0 Å². The van der Waals surface area contributed by atoms with Gasteiger partial charge in [-0.25, -0.2) is 0 Å². The summed E-state index contributed by atoms with van der Waals surface area (Å²) in [5.74, 6) is -0.388. The van der Waals surface area contributed by atoms with E-state index in [1.165, 1.54) is 0 Å². The van der Waals surface area contributed by atoms with E-state index in [-0.39, 0.29) is 17.9 Å². The molecule has 1 N–H and O–H groups in total. The van der Waals surface area contributed by atoms with Gasteiger partial charge in [-0.05, 0) is 24.0 Å². The maximum atomic E-state index is 13.1. The van der Waals surface area contributed by atoms with Crippen LogP contribution >= 0.6 is 0 Å². The van der Waals surface area contributed by atoms with Crippen molar-refractivity contribution in [2.75, 3.05) is 13.1 Å². The van der Waals surface area contributed by atoms with Gasteiger partial charge in [0.1, 0.15) is 5.60 Å². The summed E-state index contributed by atoms with van der Waals surface area (Å²) in [7, 11) is 0. The summed E-state index contributed by atoms with van der Waals surface area (Å²) in [5, 5.41) is 3.00. The molecule has 4 atom stereocenters. The highest BCUT2D eigenvalue weighted by molar-refractivity contribution is 5.93. The lowest BCUT2D eigenvalue weighted by atomic mass is 9.77. The Kier molecular flexibility index (Phi) is 4.31. The largest absolute Gasteiger partial charge is 0.360 e. The first-order valence-corrected chi connectivity index (χ1v) is 9.33. The number of nitrogens with zero attached hydrogens (tertiary/aromatic N) is 2. The molecule has 2 amide bonds. The van der Waals surface area contributed by atoms with Crippen LogP contribution in [0.1, 0.15) is 25.8 Å². The topological polar surface area (TPSA) is 71.5 Å². The van der Waals surface area contributed by atoms with Crippen LogP contribution in [0.4, 0.5) is 0 Å². The molecule has 0 aliphatic carbocycles. The first-order valence-electron chi connectivity index (χ1n) is 9.33. The van der Waals surface area contributed by atoms with E-state index in [1.807, 2.05) is 24.3 Å². The summed E-state index contributed by atoms with van der Waals surface area (Å²) < 4.78 is 6.13. The number of hydrogen-bond donors (Lipinski definition) is 1. The van der Waals surface area contributed by atoms with Crippen molar-refractivity contribution in [1.29, 1.82) is 0 Å². The molecular formula is C20H25N3O3. The van der Waals surface area contributed by atoms with Gasteiger partial charge in [-0.15, -0.1) is 0 Å². The van der Waals surface area contributed by atoms with E-state index in [0.29, 0.717) is 25.6 Å². The number of carbonyl (C=O) groups is 2. The van der Waals surface area contributed by atoms with Crippen molar-refractivity contribution in [3.63, 3.8) is 0 Å². The van der Waals surface area contributed by atoms with Crippen molar-refractivity contribution < 1.29 is 14.3 Å². The Morgan fingerprint density at radius 3 is 3.08 bits per heavy atom. The number of nitrogens with one attached hydrogen (secondary N) is 1. The molecule has 3 aliphatic rings. The molecule has 0 saturated carbocycles. The molecule has 3 aliphatic heterocycles. The zero-order valence-corrected chi connectivity index (χ0v) is 15.2. The van der Waals surface area contributed by atoms with E-state index < -0.39 is 17.4 Å². The minimum Gasteiger partial charge on any atom is -0.360 e. The number of hydrogen-bond acceptors (Lipinski definition) is 4. The molecule has 6 heteroatoms. The second kappa shape index (κ2) is 6.50. The summed E-state index contributed by atoms with van der Waals surface area (Å²) in [6.45, 7) is 5.88. The summed E-state index contributed by atoms with van der Waals surface area (Å²) in [4.78, 5) is 31.8. The Labute approximate surface area is 153 Å². The second-order valence-electron chi connectivity index (χ2n) is 7.93. The Balaban J connectivity index is 1.49. The van der Waals surface area contributed by atoms with Gasteiger partial charge in [-0.3, -0.25) is 14.6 Å². The summed E-state index contributed by atoms with van der Waals surface area (Å²) >= 11 is 0. The summed E-state index contributed by atoms with van der Waals surface area (Å²) in [5.41, 5.74) is 0.331. The monoisotopic (exact) mass is 355 g/mol. The highest BCUT2D eigenvalue weighted by Gasteiger charge is 2.66. The molecule has 1 aromatic rings. The Hall–Kier alpha value is -2.21. The van der Waals surface area contributed by atoms with Gasteiger partial charge in [0, 0.05) is 25.5 Å². The third-order valence-electron chi connectivity index (χ3n) is 5.60. The third kappa shape index (κ3) is 2.82. The zero-order valence-electron chi connectivity index (χ0n) is 15.2. The van der Waals surface area contributed by atoms with Gasteiger partial charge >= 0.3 is 0 Å². The molecule has 4 rings (SSSR count). The van der Waals surface area contributed by atoms with Crippen molar-refractivity contribution >= 4 is 11.8 Å². The molecule has 26 heavy (non-hydrogen) atoms. The molecule has 2 fully saturated rings. The van der Waals surface area contributed by atoms with Crippen molar-refractivity contribution in [3.8, 4) is 0 Å². The van der Waals surface area contributed by atoms with Crippen LogP contribution in [0.15, 0.2) is 36.7 Å². The fraction of sp³-hybridized carbons (Fsp3) is 0.550. The molecule has 0 radical (unpaired) electrons. The van der Waals surface area contributed by atoms with Gasteiger partial charge in [-0.1, -0.05) is 32.1 Å². The lowest BCUT2D eigenvalue weighted by Gasteiger charge is -2.23. The average molecular weight is 355 g/mol. The van der Waals surface area contributed by atoms with E-state index >= 15 is 0 Å². The lowest BCUT2D eigenvalue weighted by molar-refractivity contribution is -0.137. The molecule has 0 aromatic carbocycles. The number of fused-ring (bicyclic) bond motifs is 1. The first kappa shape index (κ1) is 17.2. The van der Waals surface area contributed by atoms with Crippen LogP contribution in [-0.4, -0.2) is 46.5 Å². The van der Waals surface area contributed by atoms with Crippen LogP contribution in [0.2, 0.25) is 0 Å². The maximum absolute atomic E-state index is 13.1. The number of rotatable bonds is 6. The number of carbonyl (C=O) groups excluding carboxylic acids is 2. The minimum atomic E-state index is -0.649. The number of aromatic nitrogens is 1. The average Bonchev–Trinajstić information content (AvgIpc) is 3.24. The SMILES string of the molecule is CC(C)CCNC(=O)C1[C@@H]2C=CC3(CN(Cc4cccnc4)C(=O)[C@H]13)O2. The van der Waals surface area contributed by atoms with Gasteiger partial charge in [-0.2, -0.15) is 0 Å². The molecule has 2 saturated heterocycles. The maximum Gasteiger partial charge on any atom is 0.230 e. The molecule has 138 valence electrons. The van der Waals surface area contributed by atoms with E-state index in [2.05, 4.69) is 24.1 Å². The van der Waals surface area contributed by atoms with Crippen LogP contribution in [-0.2, 0) is 20.9 Å². The summed E-state index contributed by atoms with van der Waals surface area (Å²) in [6, 6.07) is 3.82. The predicted molar refractivity (Wildman–Crippen MR) is 95.8 cm³/mol. The third-order valence-corrected chi connectivity index (χ3v) is 5.60. The Bertz CT molecular complexity index is 733. The minimum absolute atomic E-state index is 0.00436. The quantitative estimate of drug-likeness (QED) is 0.786. The molecule has 6 nitrogen and oxygen atoms in total. The molecule has 4 heterocycles. The normalized spacial score (nSPS) is 31.7. The fourth-order valence-electron chi connectivity index (χ4n) is 4.33. The zero-order chi connectivity index (χ0) is 18.3. The molecule has 1 aromatic heterocycles. The number of ether oxygens (including phenoxy) is 1. The van der Waals surface area contributed by atoms with Crippen molar-refractivity contribution in [2.45, 2.75) is 38.5 Å². The van der Waals surface area contributed by atoms with Crippen molar-refractivity contribution in [1.82, 2.24) is 15.2 Å². The predicted octanol–water partition coefficient (Wildman–Crippen LogP) is 1.53. The van der Waals surface area contributed by atoms with Gasteiger partial charge in [0.25, 0.3) is 0 Å². The molecule has 1 spiro atoms. The van der Waals surface area contributed by atoms with Crippen molar-refractivity contribution in [3.05, 3.63) is 42.2 Å². The van der Waals surface area contributed by atoms with Gasteiger partial charge < -0.3 is 15.0 Å². The molecule has 2 unspecified atom stereocenters. The molecular weight excluding hydrogens is 330 g/mol. The van der Waals surface area contributed by atoms with Crippen molar-refractivity contribution in [2.24, 2.45) is 17.8 Å². The Morgan fingerprint density at radius 1 is 1.50 bits per heavy atom. The van der Waals surface area contributed by atoms with E-state index in [0.717, 1.165) is 12.0 Å². The van der Waals surface area contributed by atoms with E-state index in [1.54, 1.807) is 17.3 Å². The number of amides is 2. The van der Waals surface area contributed by atoms with E-state index in [9.17, 15) is 9.59 Å². The van der Waals surface area contributed by atoms with Gasteiger partial charge in [0.15, 0.2) is 0 Å². The number of pyridine rings is 1. The lowest BCUT2D eigenvalue weighted by Crippen LogP contribution is -2.44. The van der Waals surface area contributed by atoms with Gasteiger partial charge in [0.2, 0.25) is 11.8 Å². The standard InChI is InChI=1S/C20H25N3O3/c1-13(2)6-9-22-18(24)16-15-5-7-20(26-15)12-23(19(25)17(16)20)11-14-4-3-8-21-10-14/h3-5,7-8,10,13,15-17H,6,9,11-12H2,1-2H3,(H,22,24)/t15-,16?,17-,20?/m0/s1. The van der Waals surface area contributed by atoms with E-state index in [4.69, 9.17) is 4.74 Å². The van der Waals surface area contributed by atoms with Crippen LogP contribution < -0.4 is 5.32 Å². The Morgan fingerprint density at radius 2 is 2.35 bits per heavy atom. The van der Waals surface area contributed by atoms with Crippen LogP contribution in [0.5, 0.6) is 0 Å². The van der Waals surface area contributed by atoms with Crippen LogP contribution in [0, 0.1) is 17.8 Å².